The lowest BCUT2D eigenvalue weighted by molar-refractivity contribution is -0.136. The van der Waals surface area contributed by atoms with Crippen LogP contribution in [0.1, 0.15) is 12.8 Å². The lowest BCUT2D eigenvalue weighted by Gasteiger charge is -2.31. The minimum absolute atomic E-state index is 0.117. The Morgan fingerprint density at radius 1 is 1.58 bits per heavy atom. The summed E-state index contributed by atoms with van der Waals surface area (Å²) in [5, 5.41) is 0. The zero-order valence-electron chi connectivity index (χ0n) is 6.72. The van der Waals surface area contributed by atoms with Gasteiger partial charge in [0.25, 0.3) is 5.92 Å². The van der Waals surface area contributed by atoms with Crippen molar-refractivity contribution in [3.8, 4) is 0 Å². The molecule has 12 heavy (non-hydrogen) atoms. The molecule has 0 aliphatic carbocycles. The van der Waals surface area contributed by atoms with Crippen LogP contribution in [-0.2, 0) is 4.79 Å². The molecule has 0 radical (unpaired) electrons. The SMILES string of the molecule is C=CC(=O)N1CCCC(F)(F)C1. The number of piperidine rings is 1. The molecule has 0 unspecified atom stereocenters. The third-order valence-corrected chi connectivity index (χ3v) is 1.88. The molecule has 0 atom stereocenters. The van der Waals surface area contributed by atoms with Crippen molar-refractivity contribution in [2.75, 3.05) is 13.1 Å². The molecule has 4 heteroatoms. The molecule has 0 bridgehead atoms. The van der Waals surface area contributed by atoms with E-state index in [9.17, 15) is 13.6 Å². The second kappa shape index (κ2) is 3.21. The van der Waals surface area contributed by atoms with E-state index in [4.69, 9.17) is 0 Å². The molecule has 0 aromatic heterocycles. The average molecular weight is 175 g/mol. The second-order valence-electron chi connectivity index (χ2n) is 2.92. The minimum atomic E-state index is -2.71. The first-order chi connectivity index (χ1) is 5.55. The maximum absolute atomic E-state index is 12.7. The summed E-state index contributed by atoms with van der Waals surface area (Å²) in [6.45, 7) is 3.20. The van der Waals surface area contributed by atoms with Gasteiger partial charge in [0.1, 0.15) is 0 Å². The number of likely N-dealkylation sites (tertiary alicyclic amines) is 1. The van der Waals surface area contributed by atoms with Gasteiger partial charge in [-0.15, -0.1) is 0 Å². The lowest BCUT2D eigenvalue weighted by Crippen LogP contribution is -2.45. The number of hydrogen-bond donors (Lipinski definition) is 0. The molecule has 1 aliphatic rings. The van der Waals surface area contributed by atoms with Crippen molar-refractivity contribution in [2.45, 2.75) is 18.8 Å². The fourth-order valence-corrected chi connectivity index (χ4v) is 1.28. The zero-order chi connectivity index (χ0) is 9.19. The molecule has 68 valence electrons. The second-order valence-corrected chi connectivity index (χ2v) is 2.92. The summed E-state index contributed by atoms with van der Waals surface area (Å²) in [5.41, 5.74) is 0. The van der Waals surface area contributed by atoms with E-state index in [1.54, 1.807) is 0 Å². The van der Waals surface area contributed by atoms with Crippen LogP contribution in [0.4, 0.5) is 8.78 Å². The number of nitrogens with zero attached hydrogens (tertiary/aromatic N) is 1. The Kier molecular flexibility index (Phi) is 2.45. The van der Waals surface area contributed by atoms with Crippen molar-refractivity contribution in [1.82, 2.24) is 4.90 Å². The maximum atomic E-state index is 12.7. The summed E-state index contributed by atoms with van der Waals surface area (Å²) in [6, 6.07) is 0. The molecular formula is C8H11F2NO. The normalized spacial score (nSPS) is 22.0. The highest BCUT2D eigenvalue weighted by atomic mass is 19.3. The van der Waals surface area contributed by atoms with Gasteiger partial charge in [-0.05, 0) is 12.5 Å². The summed E-state index contributed by atoms with van der Waals surface area (Å²) >= 11 is 0. The Morgan fingerprint density at radius 3 is 2.75 bits per heavy atom. The van der Waals surface area contributed by atoms with Crippen LogP contribution >= 0.6 is 0 Å². The number of carbonyl (C=O) groups excluding carboxylic acids is 1. The predicted molar refractivity (Wildman–Crippen MR) is 41.0 cm³/mol. The first-order valence-electron chi connectivity index (χ1n) is 3.84. The minimum Gasteiger partial charge on any atom is -0.333 e. The van der Waals surface area contributed by atoms with Gasteiger partial charge in [-0.3, -0.25) is 4.79 Å². The van der Waals surface area contributed by atoms with Crippen molar-refractivity contribution in [1.29, 1.82) is 0 Å². The molecule has 1 rings (SSSR count). The third kappa shape index (κ3) is 2.03. The topological polar surface area (TPSA) is 20.3 Å². The number of rotatable bonds is 1. The molecule has 1 fully saturated rings. The standard InChI is InChI=1S/C8H11F2NO/c1-2-7(12)11-5-3-4-8(9,10)6-11/h2H,1,3-6H2. The van der Waals surface area contributed by atoms with Crippen LogP contribution in [0.2, 0.25) is 0 Å². The van der Waals surface area contributed by atoms with Gasteiger partial charge in [0.05, 0.1) is 6.54 Å². The fraction of sp³-hybridized carbons (Fsp3) is 0.625. The van der Waals surface area contributed by atoms with Crippen LogP contribution in [0.5, 0.6) is 0 Å². The van der Waals surface area contributed by atoms with E-state index in [0.29, 0.717) is 13.0 Å². The van der Waals surface area contributed by atoms with Crippen LogP contribution in [0.15, 0.2) is 12.7 Å². The van der Waals surface area contributed by atoms with E-state index in [2.05, 4.69) is 6.58 Å². The Bertz CT molecular complexity index is 203. The first kappa shape index (κ1) is 9.16. The third-order valence-electron chi connectivity index (χ3n) is 1.88. The molecule has 1 heterocycles. The number of alkyl halides is 2. The van der Waals surface area contributed by atoms with Crippen LogP contribution in [0.25, 0.3) is 0 Å². The Hall–Kier alpha value is -0.930. The zero-order valence-corrected chi connectivity index (χ0v) is 6.72. The number of carbonyl (C=O) groups is 1. The Morgan fingerprint density at radius 2 is 2.25 bits per heavy atom. The van der Waals surface area contributed by atoms with E-state index in [1.165, 1.54) is 0 Å². The Balaban J connectivity index is 2.57. The van der Waals surface area contributed by atoms with Crippen LogP contribution in [-0.4, -0.2) is 29.8 Å². The highest BCUT2D eigenvalue weighted by molar-refractivity contribution is 5.87. The average Bonchev–Trinajstić information content (AvgIpc) is 2.01. The van der Waals surface area contributed by atoms with E-state index in [1.807, 2.05) is 0 Å². The highest BCUT2D eigenvalue weighted by Crippen LogP contribution is 2.26. The molecule has 0 spiro atoms. The van der Waals surface area contributed by atoms with Gasteiger partial charge >= 0.3 is 0 Å². The van der Waals surface area contributed by atoms with Gasteiger partial charge < -0.3 is 4.90 Å². The monoisotopic (exact) mass is 175 g/mol. The van der Waals surface area contributed by atoms with Crippen LogP contribution in [0, 0.1) is 0 Å². The van der Waals surface area contributed by atoms with Gasteiger partial charge in [0.15, 0.2) is 0 Å². The summed E-state index contributed by atoms with van der Waals surface area (Å²) in [4.78, 5) is 12.1. The van der Waals surface area contributed by atoms with Crippen molar-refractivity contribution in [3.05, 3.63) is 12.7 Å². The fourth-order valence-electron chi connectivity index (χ4n) is 1.28. The van der Waals surface area contributed by atoms with Gasteiger partial charge in [0.2, 0.25) is 5.91 Å². The predicted octanol–water partition coefficient (Wildman–Crippen LogP) is 1.43. The molecule has 0 aromatic rings. The molecule has 0 aromatic carbocycles. The van der Waals surface area contributed by atoms with Crippen molar-refractivity contribution >= 4 is 5.91 Å². The Labute approximate surface area is 69.9 Å². The molecular weight excluding hydrogens is 164 g/mol. The largest absolute Gasteiger partial charge is 0.333 e. The summed E-state index contributed by atoms with van der Waals surface area (Å²) in [5.74, 6) is -3.12. The molecule has 0 saturated carbocycles. The molecule has 1 amide bonds. The van der Waals surface area contributed by atoms with E-state index >= 15 is 0 Å². The van der Waals surface area contributed by atoms with Crippen molar-refractivity contribution < 1.29 is 13.6 Å². The van der Waals surface area contributed by atoms with Gasteiger partial charge in [0, 0.05) is 13.0 Å². The van der Waals surface area contributed by atoms with Crippen LogP contribution < -0.4 is 0 Å². The summed E-state index contributed by atoms with van der Waals surface area (Å²) < 4.78 is 25.4. The van der Waals surface area contributed by atoms with Gasteiger partial charge in [-0.25, -0.2) is 8.78 Å². The van der Waals surface area contributed by atoms with Crippen molar-refractivity contribution in [2.24, 2.45) is 0 Å². The van der Waals surface area contributed by atoms with E-state index in [-0.39, 0.29) is 6.42 Å². The van der Waals surface area contributed by atoms with Crippen LogP contribution in [0.3, 0.4) is 0 Å². The maximum Gasteiger partial charge on any atom is 0.265 e. The van der Waals surface area contributed by atoms with Gasteiger partial charge in [-0.1, -0.05) is 6.58 Å². The molecule has 1 saturated heterocycles. The molecule has 0 N–H and O–H groups in total. The smallest absolute Gasteiger partial charge is 0.265 e. The quantitative estimate of drug-likeness (QED) is 0.552. The van der Waals surface area contributed by atoms with E-state index < -0.39 is 18.4 Å². The highest BCUT2D eigenvalue weighted by Gasteiger charge is 2.36. The number of amides is 1. The molecule has 1 aliphatic heterocycles. The van der Waals surface area contributed by atoms with E-state index in [0.717, 1.165) is 11.0 Å². The van der Waals surface area contributed by atoms with Crippen molar-refractivity contribution in [3.63, 3.8) is 0 Å². The summed E-state index contributed by atoms with van der Waals surface area (Å²) in [6.07, 6.45) is 1.32. The lowest BCUT2D eigenvalue weighted by atomic mass is 10.1. The number of hydrogen-bond acceptors (Lipinski definition) is 1. The molecule has 2 nitrogen and oxygen atoms in total. The number of halogens is 2. The van der Waals surface area contributed by atoms with Gasteiger partial charge in [-0.2, -0.15) is 0 Å². The first-order valence-corrected chi connectivity index (χ1v) is 3.84. The summed E-state index contributed by atoms with van der Waals surface area (Å²) in [7, 11) is 0.